The first-order valence-electron chi connectivity index (χ1n) is 4.90. The maximum absolute atomic E-state index is 11.7. The Balaban J connectivity index is 2.21. The predicted molar refractivity (Wildman–Crippen MR) is 59.9 cm³/mol. The van der Waals surface area contributed by atoms with Gasteiger partial charge in [0.25, 0.3) is 11.7 Å². The zero-order chi connectivity index (χ0) is 12.3. The number of nitrogens with zero attached hydrogens (tertiary/aromatic N) is 3. The van der Waals surface area contributed by atoms with Gasteiger partial charge in [-0.15, -0.1) is 10.2 Å². The van der Waals surface area contributed by atoms with Crippen LogP contribution < -0.4 is 10.1 Å². The van der Waals surface area contributed by atoms with Gasteiger partial charge in [0.2, 0.25) is 0 Å². The summed E-state index contributed by atoms with van der Waals surface area (Å²) in [6.07, 6.45) is 0. The second kappa shape index (κ2) is 4.60. The molecule has 1 aromatic heterocycles. The van der Waals surface area contributed by atoms with Gasteiger partial charge in [-0.1, -0.05) is 6.07 Å². The number of aromatic nitrogens is 4. The van der Waals surface area contributed by atoms with E-state index in [0.29, 0.717) is 11.4 Å². The highest BCUT2D eigenvalue weighted by molar-refractivity contribution is 6.01. The first-order valence-corrected chi connectivity index (χ1v) is 4.90. The Kier molecular flexibility index (Phi) is 2.99. The van der Waals surface area contributed by atoms with E-state index in [4.69, 9.17) is 4.74 Å². The molecule has 0 spiro atoms. The highest BCUT2D eigenvalue weighted by Crippen LogP contribution is 2.21. The number of amides is 1. The van der Waals surface area contributed by atoms with Gasteiger partial charge in [0, 0.05) is 11.8 Å². The number of tetrazole rings is 1. The van der Waals surface area contributed by atoms with Crippen LogP contribution in [0, 0.1) is 6.92 Å². The molecule has 1 amide bonds. The van der Waals surface area contributed by atoms with Crippen LogP contribution in [-0.2, 0) is 0 Å². The minimum atomic E-state index is -0.421. The molecule has 1 aromatic carbocycles. The van der Waals surface area contributed by atoms with Gasteiger partial charge in [-0.25, -0.2) is 0 Å². The smallest absolute Gasteiger partial charge is 0.297 e. The fraction of sp³-hybridized carbons (Fsp3) is 0.200. The summed E-state index contributed by atoms with van der Waals surface area (Å²) in [5, 5.41) is 15.4. The highest BCUT2D eigenvalue weighted by atomic mass is 16.5. The van der Waals surface area contributed by atoms with Crippen molar-refractivity contribution < 1.29 is 9.53 Å². The molecule has 0 radical (unpaired) electrons. The van der Waals surface area contributed by atoms with Crippen molar-refractivity contribution in [3.05, 3.63) is 29.6 Å². The Morgan fingerprint density at radius 1 is 1.47 bits per heavy atom. The van der Waals surface area contributed by atoms with E-state index in [9.17, 15) is 4.79 Å². The molecule has 0 saturated heterocycles. The molecule has 88 valence electrons. The van der Waals surface area contributed by atoms with E-state index in [1.807, 2.05) is 19.1 Å². The van der Waals surface area contributed by atoms with Crippen LogP contribution in [0.5, 0.6) is 5.75 Å². The summed E-state index contributed by atoms with van der Waals surface area (Å²) in [6.45, 7) is 1.88. The minimum absolute atomic E-state index is 0.00720. The Bertz CT molecular complexity index is 523. The van der Waals surface area contributed by atoms with Crippen LogP contribution in [0.15, 0.2) is 18.2 Å². The lowest BCUT2D eigenvalue weighted by Crippen LogP contribution is -2.14. The third kappa shape index (κ3) is 2.39. The van der Waals surface area contributed by atoms with Gasteiger partial charge >= 0.3 is 0 Å². The van der Waals surface area contributed by atoms with E-state index < -0.39 is 5.91 Å². The molecule has 0 bridgehead atoms. The Morgan fingerprint density at radius 2 is 2.29 bits per heavy atom. The zero-order valence-electron chi connectivity index (χ0n) is 9.39. The average Bonchev–Trinajstić information content (AvgIpc) is 2.85. The second-order valence-electron chi connectivity index (χ2n) is 3.37. The van der Waals surface area contributed by atoms with Crippen LogP contribution in [0.4, 0.5) is 5.69 Å². The Hall–Kier alpha value is -2.44. The van der Waals surface area contributed by atoms with E-state index >= 15 is 0 Å². The molecule has 2 N–H and O–H groups in total. The number of carbonyl (C=O) groups is 1. The van der Waals surface area contributed by atoms with Crippen molar-refractivity contribution in [2.45, 2.75) is 6.92 Å². The van der Waals surface area contributed by atoms with Crippen molar-refractivity contribution in [1.29, 1.82) is 0 Å². The summed E-state index contributed by atoms with van der Waals surface area (Å²) in [7, 11) is 1.56. The molecule has 0 unspecified atom stereocenters. The summed E-state index contributed by atoms with van der Waals surface area (Å²) in [6, 6.07) is 5.40. The largest absolute Gasteiger partial charge is 0.497 e. The molecule has 0 atom stereocenters. The number of carbonyl (C=O) groups excluding carboxylic acids is 1. The number of aromatic amines is 1. The second-order valence-corrected chi connectivity index (χ2v) is 3.37. The minimum Gasteiger partial charge on any atom is -0.497 e. The van der Waals surface area contributed by atoms with Gasteiger partial charge < -0.3 is 10.1 Å². The lowest BCUT2D eigenvalue weighted by molar-refractivity contribution is 0.101. The van der Waals surface area contributed by atoms with E-state index in [1.165, 1.54) is 0 Å². The molecule has 0 aliphatic heterocycles. The van der Waals surface area contributed by atoms with Crippen molar-refractivity contribution in [3.8, 4) is 5.75 Å². The van der Waals surface area contributed by atoms with Crippen molar-refractivity contribution in [1.82, 2.24) is 20.6 Å². The normalized spacial score (nSPS) is 10.0. The number of H-pyrrole nitrogens is 1. The molecule has 2 aromatic rings. The lowest BCUT2D eigenvalue weighted by atomic mass is 10.2. The third-order valence-electron chi connectivity index (χ3n) is 2.24. The summed E-state index contributed by atoms with van der Waals surface area (Å²) < 4.78 is 5.08. The fourth-order valence-corrected chi connectivity index (χ4v) is 1.30. The molecular weight excluding hydrogens is 222 g/mol. The number of methoxy groups -OCH3 is 1. The van der Waals surface area contributed by atoms with Crippen LogP contribution in [-0.4, -0.2) is 33.6 Å². The van der Waals surface area contributed by atoms with Crippen LogP contribution in [0.1, 0.15) is 16.2 Å². The van der Waals surface area contributed by atoms with Crippen LogP contribution in [0.25, 0.3) is 0 Å². The molecule has 0 aliphatic rings. The van der Waals surface area contributed by atoms with Gasteiger partial charge in [0.1, 0.15) is 5.75 Å². The number of anilines is 1. The number of benzene rings is 1. The van der Waals surface area contributed by atoms with Crippen LogP contribution in [0.3, 0.4) is 0 Å². The number of rotatable bonds is 3. The van der Waals surface area contributed by atoms with E-state index in [1.54, 1.807) is 13.2 Å². The van der Waals surface area contributed by atoms with Crippen LogP contribution >= 0.6 is 0 Å². The quantitative estimate of drug-likeness (QED) is 0.816. The van der Waals surface area contributed by atoms with Crippen molar-refractivity contribution in [2.24, 2.45) is 0 Å². The van der Waals surface area contributed by atoms with Gasteiger partial charge in [0.05, 0.1) is 7.11 Å². The number of ether oxygens (including phenoxy) is 1. The molecule has 7 heteroatoms. The molecule has 0 aliphatic carbocycles. The number of hydrogen-bond acceptors (Lipinski definition) is 5. The molecule has 0 saturated carbocycles. The molecule has 2 rings (SSSR count). The maximum Gasteiger partial charge on any atom is 0.297 e. The first-order chi connectivity index (χ1) is 8.20. The topological polar surface area (TPSA) is 92.8 Å². The summed E-state index contributed by atoms with van der Waals surface area (Å²) >= 11 is 0. The van der Waals surface area contributed by atoms with Crippen LogP contribution in [0.2, 0.25) is 0 Å². The SMILES string of the molecule is COc1ccc(C)c(NC(=O)c2nn[nH]n2)c1. The molecule has 17 heavy (non-hydrogen) atoms. The zero-order valence-corrected chi connectivity index (χ0v) is 9.39. The van der Waals surface area contributed by atoms with Crippen molar-refractivity contribution in [2.75, 3.05) is 12.4 Å². The first kappa shape index (κ1) is 11.1. The summed E-state index contributed by atoms with van der Waals surface area (Å²) in [5.74, 6) is 0.237. The van der Waals surface area contributed by atoms with Gasteiger partial charge in [-0.05, 0) is 23.8 Å². The monoisotopic (exact) mass is 233 g/mol. The van der Waals surface area contributed by atoms with Crippen molar-refractivity contribution in [3.63, 3.8) is 0 Å². The molecule has 0 fully saturated rings. The maximum atomic E-state index is 11.7. The van der Waals surface area contributed by atoms with Gasteiger partial charge in [-0.3, -0.25) is 4.79 Å². The lowest BCUT2D eigenvalue weighted by Gasteiger charge is -2.08. The molecule has 7 nitrogen and oxygen atoms in total. The summed E-state index contributed by atoms with van der Waals surface area (Å²) in [4.78, 5) is 11.7. The number of aryl methyl sites for hydroxylation is 1. The Labute approximate surface area is 97.2 Å². The molecular formula is C10H11N5O2. The number of hydrogen-bond donors (Lipinski definition) is 2. The standard InChI is InChI=1S/C10H11N5O2/c1-6-3-4-7(17-2)5-8(6)11-10(16)9-12-14-15-13-9/h3-5H,1-2H3,(H,11,16)(H,12,13,14,15). The fourth-order valence-electron chi connectivity index (χ4n) is 1.30. The van der Waals surface area contributed by atoms with Gasteiger partial charge in [0.15, 0.2) is 0 Å². The van der Waals surface area contributed by atoms with E-state index in [-0.39, 0.29) is 5.82 Å². The predicted octanol–water partition coefficient (Wildman–Crippen LogP) is 0.769. The molecule has 1 heterocycles. The summed E-state index contributed by atoms with van der Waals surface area (Å²) in [5.41, 5.74) is 1.57. The number of nitrogens with one attached hydrogen (secondary N) is 2. The van der Waals surface area contributed by atoms with E-state index in [0.717, 1.165) is 5.56 Å². The third-order valence-corrected chi connectivity index (χ3v) is 2.24. The average molecular weight is 233 g/mol. The van der Waals surface area contributed by atoms with E-state index in [2.05, 4.69) is 25.9 Å². The van der Waals surface area contributed by atoms with Crippen molar-refractivity contribution >= 4 is 11.6 Å². The highest BCUT2D eigenvalue weighted by Gasteiger charge is 2.12. The van der Waals surface area contributed by atoms with Gasteiger partial charge in [-0.2, -0.15) is 5.21 Å². The Morgan fingerprint density at radius 3 is 2.94 bits per heavy atom.